The summed E-state index contributed by atoms with van der Waals surface area (Å²) in [4.78, 5) is 16.7. The molecule has 116 valence electrons. The van der Waals surface area contributed by atoms with Gasteiger partial charge < -0.3 is 10.4 Å². The first-order chi connectivity index (χ1) is 10.5. The second-order valence-corrected chi connectivity index (χ2v) is 5.92. The van der Waals surface area contributed by atoms with Gasteiger partial charge in [0.05, 0.1) is 23.9 Å². The summed E-state index contributed by atoms with van der Waals surface area (Å²) >= 11 is 0. The number of rotatable bonds is 4. The summed E-state index contributed by atoms with van der Waals surface area (Å²) in [6.45, 7) is 1.82. The zero-order chi connectivity index (χ0) is 15.7. The number of aryl methyl sites for hydroxylation is 2. The van der Waals surface area contributed by atoms with Crippen molar-refractivity contribution in [2.75, 3.05) is 0 Å². The molecule has 22 heavy (non-hydrogen) atoms. The number of nitrogens with one attached hydrogen (secondary N) is 1. The Hall–Kier alpha value is -2.21. The molecule has 0 bridgehead atoms. The van der Waals surface area contributed by atoms with Crippen molar-refractivity contribution in [2.24, 2.45) is 13.0 Å². The van der Waals surface area contributed by atoms with Gasteiger partial charge in [-0.3, -0.25) is 14.5 Å². The molecule has 0 radical (unpaired) electrons. The second-order valence-electron chi connectivity index (χ2n) is 5.92. The third-order valence-electron chi connectivity index (χ3n) is 4.24. The van der Waals surface area contributed by atoms with Gasteiger partial charge in [0.2, 0.25) is 0 Å². The average Bonchev–Trinajstić information content (AvgIpc) is 2.88. The summed E-state index contributed by atoms with van der Waals surface area (Å²) < 4.78 is 1.72. The van der Waals surface area contributed by atoms with Crippen LogP contribution in [0, 0.1) is 12.8 Å². The lowest BCUT2D eigenvalue weighted by molar-refractivity contribution is 0.0235. The molecule has 1 saturated carbocycles. The molecular weight excluding hydrogens is 280 g/mol. The molecule has 3 rings (SSSR count). The molecular formula is C16H20N4O2. The summed E-state index contributed by atoms with van der Waals surface area (Å²) in [6, 6.07) is 3.39. The highest BCUT2D eigenvalue weighted by Gasteiger charge is 2.36. The lowest BCUT2D eigenvalue weighted by atomic mass is 9.75. The maximum atomic E-state index is 12.5. The Kier molecular flexibility index (Phi) is 3.94. The summed E-state index contributed by atoms with van der Waals surface area (Å²) in [5.41, 5.74) is 2.25. The third kappa shape index (κ3) is 2.87. The first kappa shape index (κ1) is 14.7. The Morgan fingerprint density at radius 2 is 2.27 bits per heavy atom. The minimum Gasteiger partial charge on any atom is -0.393 e. The topological polar surface area (TPSA) is 80.0 Å². The van der Waals surface area contributed by atoms with E-state index in [1.54, 1.807) is 29.2 Å². The minimum atomic E-state index is -0.263. The Bertz CT molecular complexity index is 676. The molecule has 0 saturated heterocycles. The number of pyridine rings is 1. The SMILES string of the molecule is Cc1ncccc1C(=O)N[C@H](c1cnn(C)c1)C1CC(O)C1. The lowest BCUT2D eigenvalue weighted by Crippen LogP contribution is -2.41. The van der Waals surface area contributed by atoms with Crippen LogP contribution in [-0.4, -0.2) is 31.9 Å². The van der Waals surface area contributed by atoms with Gasteiger partial charge >= 0.3 is 0 Å². The zero-order valence-electron chi connectivity index (χ0n) is 12.7. The monoisotopic (exact) mass is 300 g/mol. The van der Waals surface area contributed by atoms with Gasteiger partial charge in [-0.25, -0.2) is 0 Å². The Labute approximate surface area is 129 Å². The molecule has 1 amide bonds. The molecule has 6 nitrogen and oxygen atoms in total. The minimum absolute atomic E-state index is 0.135. The predicted octanol–water partition coefficient (Wildman–Crippen LogP) is 1.37. The van der Waals surface area contributed by atoms with Gasteiger partial charge in [0.25, 0.3) is 5.91 Å². The molecule has 1 atom stereocenters. The highest BCUT2D eigenvalue weighted by molar-refractivity contribution is 5.95. The number of carbonyl (C=O) groups excluding carboxylic acids is 1. The predicted molar refractivity (Wildman–Crippen MR) is 81.1 cm³/mol. The van der Waals surface area contributed by atoms with Crippen LogP contribution in [-0.2, 0) is 7.05 Å². The number of carbonyl (C=O) groups is 1. The van der Waals surface area contributed by atoms with Crippen LogP contribution >= 0.6 is 0 Å². The van der Waals surface area contributed by atoms with Crippen LogP contribution in [0.4, 0.5) is 0 Å². The highest BCUT2D eigenvalue weighted by atomic mass is 16.3. The zero-order valence-corrected chi connectivity index (χ0v) is 12.7. The van der Waals surface area contributed by atoms with E-state index in [0.717, 1.165) is 5.56 Å². The van der Waals surface area contributed by atoms with Crippen molar-refractivity contribution in [1.82, 2.24) is 20.1 Å². The maximum Gasteiger partial charge on any atom is 0.253 e. The molecule has 1 aliphatic carbocycles. The van der Waals surface area contributed by atoms with E-state index in [1.165, 1.54) is 0 Å². The molecule has 2 aromatic rings. The molecule has 1 aliphatic rings. The lowest BCUT2D eigenvalue weighted by Gasteiger charge is -2.37. The average molecular weight is 300 g/mol. The molecule has 2 aromatic heterocycles. The molecule has 0 unspecified atom stereocenters. The van der Waals surface area contributed by atoms with Crippen LogP contribution in [0.5, 0.6) is 0 Å². The highest BCUT2D eigenvalue weighted by Crippen LogP contribution is 2.38. The number of hydrogen-bond acceptors (Lipinski definition) is 4. The fraction of sp³-hybridized carbons (Fsp3) is 0.438. The summed E-state index contributed by atoms with van der Waals surface area (Å²) in [5, 5.41) is 16.8. The molecule has 0 aromatic carbocycles. The van der Waals surface area contributed by atoms with Gasteiger partial charge in [0, 0.05) is 30.7 Å². The van der Waals surface area contributed by atoms with E-state index in [4.69, 9.17) is 0 Å². The van der Waals surface area contributed by atoms with E-state index in [-0.39, 0.29) is 24.0 Å². The largest absolute Gasteiger partial charge is 0.393 e. The first-order valence-corrected chi connectivity index (χ1v) is 7.43. The van der Waals surface area contributed by atoms with Gasteiger partial charge in [0.15, 0.2) is 0 Å². The van der Waals surface area contributed by atoms with E-state index in [9.17, 15) is 9.90 Å². The van der Waals surface area contributed by atoms with E-state index in [2.05, 4.69) is 15.4 Å². The van der Waals surface area contributed by atoms with Crippen molar-refractivity contribution >= 4 is 5.91 Å². The van der Waals surface area contributed by atoms with Crippen LogP contribution in [0.25, 0.3) is 0 Å². The normalized spacial score (nSPS) is 22.0. The number of aromatic nitrogens is 3. The van der Waals surface area contributed by atoms with E-state index in [1.807, 2.05) is 20.2 Å². The second kappa shape index (κ2) is 5.88. The van der Waals surface area contributed by atoms with Gasteiger partial charge in [-0.05, 0) is 37.8 Å². The molecule has 0 aliphatic heterocycles. The van der Waals surface area contributed by atoms with Crippen molar-refractivity contribution in [3.63, 3.8) is 0 Å². The molecule has 1 fully saturated rings. The van der Waals surface area contributed by atoms with Crippen LogP contribution in [0.2, 0.25) is 0 Å². The van der Waals surface area contributed by atoms with Crippen LogP contribution in [0.15, 0.2) is 30.7 Å². The third-order valence-corrected chi connectivity index (χ3v) is 4.24. The number of aliphatic hydroxyl groups is 1. The van der Waals surface area contributed by atoms with Crippen LogP contribution < -0.4 is 5.32 Å². The van der Waals surface area contributed by atoms with Crippen LogP contribution in [0.1, 0.15) is 40.5 Å². The number of amides is 1. The van der Waals surface area contributed by atoms with Gasteiger partial charge in [-0.1, -0.05) is 0 Å². The summed E-state index contributed by atoms with van der Waals surface area (Å²) in [7, 11) is 1.85. The van der Waals surface area contributed by atoms with E-state index < -0.39 is 0 Å². The Balaban J connectivity index is 1.81. The number of aliphatic hydroxyl groups excluding tert-OH is 1. The smallest absolute Gasteiger partial charge is 0.253 e. The van der Waals surface area contributed by atoms with Gasteiger partial charge in [-0.15, -0.1) is 0 Å². The molecule has 0 spiro atoms. The van der Waals surface area contributed by atoms with Crippen molar-refractivity contribution < 1.29 is 9.90 Å². The van der Waals surface area contributed by atoms with Crippen LogP contribution in [0.3, 0.4) is 0 Å². The van der Waals surface area contributed by atoms with E-state index >= 15 is 0 Å². The first-order valence-electron chi connectivity index (χ1n) is 7.43. The molecule has 2 N–H and O–H groups in total. The summed E-state index contributed by atoms with van der Waals surface area (Å²) in [6.07, 6.45) is 6.49. The van der Waals surface area contributed by atoms with Gasteiger partial charge in [-0.2, -0.15) is 5.10 Å². The van der Waals surface area contributed by atoms with Crippen molar-refractivity contribution in [2.45, 2.75) is 31.9 Å². The van der Waals surface area contributed by atoms with Crippen molar-refractivity contribution in [3.8, 4) is 0 Å². The summed E-state index contributed by atoms with van der Waals surface area (Å²) in [5.74, 6) is 0.0981. The Morgan fingerprint density at radius 3 is 2.86 bits per heavy atom. The fourth-order valence-corrected chi connectivity index (χ4v) is 2.92. The number of nitrogens with zero attached hydrogens (tertiary/aromatic N) is 3. The quantitative estimate of drug-likeness (QED) is 0.893. The standard InChI is InChI=1S/C16H20N4O2/c1-10-14(4-3-5-17-10)16(22)19-15(11-6-13(21)7-11)12-8-18-20(2)9-12/h3-5,8-9,11,13,15,21H,6-7H2,1-2H3,(H,19,22)/t11?,13?,15-/m0/s1. The van der Waals surface area contributed by atoms with E-state index in [0.29, 0.717) is 24.1 Å². The molecule has 2 heterocycles. The van der Waals surface area contributed by atoms with Crippen molar-refractivity contribution in [3.05, 3.63) is 47.5 Å². The number of hydrogen-bond donors (Lipinski definition) is 2. The Morgan fingerprint density at radius 1 is 1.50 bits per heavy atom. The fourth-order valence-electron chi connectivity index (χ4n) is 2.92. The van der Waals surface area contributed by atoms with Crippen molar-refractivity contribution in [1.29, 1.82) is 0 Å². The molecule has 6 heteroatoms. The maximum absolute atomic E-state index is 12.5. The van der Waals surface area contributed by atoms with Gasteiger partial charge in [0.1, 0.15) is 0 Å².